The second-order valence-electron chi connectivity index (χ2n) is 11.0. The van der Waals surface area contributed by atoms with Crippen LogP contribution in [0.4, 0.5) is 0 Å². The fourth-order valence-electron chi connectivity index (χ4n) is 8.55. The number of ether oxygens (including phenoxy) is 2. The lowest BCUT2D eigenvalue weighted by atomic mass is 9.36. The lowest BCUT2D eigenvalue weighted by Crippen LogP contribution is -2.80. The van der Waals surface area contributed by atoms with E-state index in [1.165, 1.54) is 30.5 Å². The highest BCUT2D eigenvalue weighted by molar-refractivity contribution is 7.78. The first-order valence-electron chi connectivity index (χ1n) is 12.1. The largest absolute Gasteiger partial charge is 0.504 e. The Hall–Kier alpha value is -1.72. The fourth-order valence-corrected chi connectivity index (χ4v) is 8.72. The average molecular weight is 451 g/mol. The molecule has 5 nitrogen and oxygen atoms in total. The van der Waals surface area contributed by atoms with E-state index in [2.05, 4.69) is 40.2 Å². The van der Waals surface area contributed by atoms with Gasteiger partial charge in [-0.3, -0.25) is 4.90 Å². The summed E-state index contributed by atoms with van der Waals surface area (Å²) in [4.78, 5) is 7.31. The Bertz CT molecular complexity index is 1090. The van der Waals surface area contributed by atoms with E-state index in [1.807, 2.05) is 6.07 Å². The monoisotopic (exact) mass is 450 g/mol. The number of piperidine rings is 1. The van der Waals surface area contributed by atoms with E-state index in [9.17, 15) is 5.11 Å². The average Bonchev–Trinajstić information content (AvgIpc) is 3.54. The summed E-state index contributed by atoms with van der Waals surface area (Å²) in [5.74, 6) is 1.96. The van der Waals surface area contributed by atoms with Crippen LogP contribution in [0.1, 0.15) is 43.7 Å². The fraction of sp³-hybridized carbons (Fsp3) is 0.654. The van der Waals surface area contributed by atoms with Crippen LogP contribution in [-0.4, -0.2) is 59.2 Å². The van der Waals surface area contributed by atoms with Crippen LogP contribution in [-0.2, 0) is 16.6 Å². The van der Waals surface area contributed by atoms with Crippen molar-refractivity contribution in [2.75, 3.05) is 20.2 Å². The minimum Gasteiger partial charge on any atom is -0.504 e. The topological polar surface area (TPSA) is 54.3 Å². The van der Waals surface area contributed by atoms with Gasteiger partial charge in [0, 0.05) is 36.6 Å². The number of fused-ring (bicyclic) bond motifs is 1. The Morgan fingerprint density at radius 3 is 2.97 bits per heavy atom. The number of likely N-dealkylation sites (tertiary alicyclic amines) is 1. The van der Waals surface area contributed by atoms with Gasteiger partial charge in [0.05, 0.1) is 16.6 Å². The van der Waals surface area contributed by atoms with Crippen molar-refractivity contribution in [1.82, 2.24) is 4.90 Å². The Labute approximate surface area is 194 Å². The van der Waals surface area contributed by atoms with E-state index in [0.717, 1.165) is 31.7 Å². The van der Waals surface area contributed by atoms with Crippen LogP contribution in [0.15, 0.2) is 29.3 Å². The Kier molecular flexibility index (Phi) is 3.84. The van der Waals surface area contributed by atoms with Gasteiger partial charge in [0.2, 0.25) is 0 Å². The molecule has 1 saturated heterocycles. The molecule has 2 heterocycles. The predicted octanol–water partition coefficient (Wildman–Crippen LogP) is 3.88. The van der Waals surface area contributed by atoms with Gasteiger partial charge in [-0.05, 0) is 75.3 Å². The van der Waals surface area contributed by atoms with Crippen molar-refractivity contribution in [1.29, 1.82) is 0 Å². The normalized spacial score (nSPS) is 43.4. The number of hydrogen-bond acceptors (Lipinski definition) is 6. The molecule has 0 aromatic heterocycles. The number of phenols is 1. The van der Waals surface area contributed by atoms with Crippen molar-refractivity contribution in [2.24, 2.45) is 22.2 Å². The van der Waals surface area contributed by atoms with Gasteiger partial charge in [-0.25, -0.2) is 4.99 Å². The van der Waals surface area contributed by atoms with Crippen molar-refractivity contribution < 1.29 is 14.6 Å². The van der Waals surface area contributed by atoms with Crippen LogP contribution in [0.2, 0.25) is 0 Å². The highest BCUT2D eigenvalue weighted by Crippen LogP contribution is 2.75. The maximum atomic E-state index is 10.9. The van der Waals surface area contributed by atoms with Crippen LogP contribution in [0.3, 0.4) is 0 Å². The van der Waals surface area contributed by atoms with E-state index in [1.54, 1.807) is 7.11 Å². The van der Waals surface area contributed by atoms with Crippen LogP contribution in [0.25, 0.3) is 0 Å². The molecule has 2 saturated carbocycles. The number of aliphatic imine (C=N–C) groups is 1. The molecule has 32 heavy (non-hydrogen) atoms. The molecule has 2 aliphatic heterocycles. The number of nitrogens with zero attached hydrogens (tertiary/aromatic N) is 2. The van der Waals surface area contributed by atoms with Gasteiger partial charge in [-0.15, -0.1) is 0 Å². The van der Waals surface area contributed by atoms with Crippen LogP contribution in [0, 0.1) is 17.3 Å². The minimum absolute atomic E-state index is 0.00783. The molecule has 168 valence electrons. The zero-order valence-corrected chi connectivity index (χ0v) is 19.5. The molecule has 8 rings (SSSR count). The van der Waals surface area contributed by atoms with Crippen molar-refractivity contribution >= 4 is 17.4 Å². The van der Waals surface area contributed by atoms with Crippen molar-refractivity contribution in [3.63, 3.8) is 0 Å². The number of hydrogen-bond donors (Lipinski definition) is 1. The summed E-state index contributed by atoms with van der Waals surface area (Å²) >= 11 is 4.99. The predicted molar refractivity (Wildman–Crippen MR) is 125 cm³/mol. The lowest BCUT2D eigenvalue weighted by Gasteiger charge is -2.71. The van der Waals surface area contributed by atoms with Crippen LogP contribution >= 0.6 is 12.2 Å². The molecule has 1 aromatic rings. The van der Waals surface area contributed by atoms with Gasteiger partial charge >= 0.3 is 0 Å². The summed E-state index contributed by atoms with van der Waals surface area (Å²) in [5, 5.41) is 13.5. The van der Waals surface area contributed by atoms with Gasteiger partial charge < -0.3 is 14.6 Å². The number of aromatic hydroxyl groups is 1. The summed E-state index contributed by atoms with van der Waals surface area (Å²) < 4.78 is 13.2. The summed E-state index contributed by atoms with van der Waals surface area (Å²) in [6.07, 6.45) is 10.4. The summed E-state index contributed by atoms with van der Waals surface area (Å²) in [7, 11) is 1.80. The molecule has 3 fully saturated rings. The minimum atomic E-state index is -0.597. The summed E-state index contributed by atoms with van der Waals surface area (Å²) in [6, 6.07) is 4.39. The Morgan fingerprint density at radius 1 is 1.38 bits per heavy atom. The zero-order chi connectivity index (χ0) is 21.9. The molecule has 0 amide bonds. The van der Waals surface area contributed by atoms with Gasteiger partial charge in [0.15, 0.2) is 11.5 Å². The highest BCUT2D eigenvalue weighted by Gasteiger charge is 2.79. The molecule has 1 unspecified atom stereocenters. The molecule has 0 radical (unpaired) electrons. The molecule has 7 aliphatic rings. The molecule has 4 bridgehead atoms. The van der Waals surface area contributed by atoms with E-state index in [4.69, 9.17) is 21.7 Å². The van der Waals surface area contributed by atoms with E-state index in [-0.39, 0.29) is 34.6 Å². The molecule has 2 spiro atoms. The standard InChI is InChI=1S/C26H30N2O3S/c1-15(27-14-32)18-12-24-7-8-26(18,30-2)23-25(24)9-10-28(13-16-3-4-16)20(24)11-17-5-6-19(29)22(31-23)21(17)25/h5-8,15-16,18,20,23,29H,3-4,9-13H2,1-2H3/t15-,18?,20+,23+,24+,25-,26+/m0/s1. The molecule has 1 aromatic carbocycles. The van der Waals surface area contributed by atoms with E-state index in [0.29, 0.717) is 11.8 Å². The molecular formula is C26H30N2O3S. The third kappa shape index (κ3) is 2.05. The molecule has 7 atom stereocenters. The van der Waals surface area contributed by atoms with Gasteiger partial charge in [0.25, 0.3) is 0 Å². The SMILES string of the molecule is CO[C@]12C=C[C@@]3(CC1[C@H](C)N=C=S)[C@H]1Cc4ccc(O)c5c4[C@@]3(CCN1CC1CC1)[C@H]2O5. The second kappa shape index (κ2) is 6.24. The third-order valence-corrected chi connectivity index (χ3v) is 10.1. The Balaban J connectivity index is 1.49. The first-order chi connectivity index (χ1) is 15.5. The quantitative estimate of drug-likeness (QED) is 0.419. The molecule has 1 N–H and O–H groups in total. The zero-order valence-electron chi connectivity index (χ0n) is 18.7. The smallest absolute Gasteiger partial charge is 0.165 e. The lowest BCUT2D eigenvalue weighted by molar-refractivity contribution is -0.218. The Morgan fingerprint density at radius 2 is 2.22 bits per heavy atom. The van der Waals surface area contributed by atoms with Gasteiger partial charge in [0.1, 0.15) is 11.7 Å². The molecule has 5 aliphatic carbocycles. The maximum Gasteiger partial charge on any atom is 0.165 e. The van der Waals surface area contributed by atoms with Crippen LogP contribution in [0.5, 0.6) is 11.5 Å². The first kappa shape index (κ1) is 19.7. The van der Waals surface area contributed by atoms with Gasteiger partial charge in [-0.1, -0.05) is 18.2 Å². The number of methoxy groups -OCH3 is 1. The van der Waals surface area contributed by atoms with Crippen molar-refractivity contribution in [2.45, 2.75) is 68.2 Å². The number of thiocarbonyl (C=S) groups is 1. The van der Waals surface area contributed by atoms with Gasteiger partial charge in [-0.2, -0.15) is 0 Å². The molecular weight excluding hydrogens is 420 g/mol. The number of phenolic OH excluding ortho intramolecular Hbond substituents is 1. The third-order valence-electron chi connectivity index (χ3n) is 10.00. The second-order valence-corrected chi connectivity index (χ2v) is 11.2. The maximum absolute atomic E-state index is 10.9. The van der Waals surface area contributed by atoms with Crippen molar-refractivity contribution in [3.8, 4) is 11.5 Å². The number of isothiocyanates is 1. The summed E-state index contributed by atoms with van der Waals surface area (Å²) in [5.41, 5.74) is 1.81. The number of benzene rings is 1. The van der Waals surface area contributed by atoms with Crippen LogP contribution < -0.4 is 4.74 Å². The highest BCUT2D eigenvalue weighted by atomic mass is 32.1. The first-order valence-corrected chi connectivity index (χ1v) is 12.5. The number of rotatable bonds is 5. The van der Waals surface area contributed by atoms with Crippen molar-refractivity contribution in [3.05, 3.63) is 35.4 Å². The summed E-state index contributed by atoms with van der Waals surface area (Å²) in [6.45, 7) is 4.42. The van der Waals surface area contributed by atoms with E-state index < -0.39 is 5.60 Å². The van der Waals surface area contributed by atoms with E-state index >= 15 is 0 Å². The molecule has 6 heteroatoms.